The highest BCUT2D eigenvalue weighted by atomic mass is 35.5. The van der Waals surface area contributed by atoms with E-state index >= 15 is 0 Å². The van der Waals surface area contributed by atoms with Crippen molar-refractivity contribution in [2.24, 2.45) is 7.05 Å². The van der Waals surface area contributed by atoms with Gasteiger partial charge in [0.1, 0.15) is 5.52 Å². The van der Waals surface area contributed by atoms with Gasteiger partial charge in [-0.3, -0.25) is 4.68 Å². The molecule has 2 fully saturated rings. The fourth-order valence-corrected chi connectivity index (χ4v) is 4.15. The number of aryl methyl sites for hydroxylation is 1. The van der Waals surface area contributed by atoms with Crippen molar-refractivity contribution in [3.05, 3.63) is 47.5 Å². The zero-order chi connectivity index (χ0) is 22.2. The third-order valence-electron chi connectivity index (χ3n) is 5.66. The monoisotopic (exact) mass is 452 g/mol. The van der Waals surface area contributed by atoms with Crippen LogP contribution < -0.4 is 10.2 Å². The molecule has 1 atom stereocenters. The van der Waals surface area contributed by atoms with E-state index in [0.717, 1.165) is 36.1 Å². The number of hydrogen-bond donors (Lipinski definition) is 1. The first-order chi connectivity index (χ1) is 15.5. The molecule has 0 spiro atoms. The Kier molecular flexibility index (Phi) is 5.69. The van der Waals surface area contributed by atoms with Gasteiger partial charge >= 0.3 is 0 Å². The highest BCUT2D eigenvalue weighted by Crippen LogP contribution is 2.32. The van der Waals surface area contributed by atoms with Gasteiger partial charge < -0.3 is 10.2 Å². The topological polar surface area (TPSA) is 58.9 Å². The maximum absolute atomic E-state index is 14.5. The Hall–Kier alpha value is -2.77. The average Bonchev–Trinajstić information content (AvgIpc) is 3.61. The molecule has 1 aromatic carbocycles. The van der Waals surface area contributed by atoms with Gasteiger partial charge in [-0.25, -0.2) is 14.4 Å². The Balaban J connectivity index is 0.000000666. The molecule has 8 heteroatoms. The summed E-state index contributed by atoms with van der Waals surface area (Å²) in [5.74, 6) is -0.382. The molecule has 4 aromatic rings. The average molecular weight is 453 g/mol. The molecule has 1 saturated carbocycles. The summed E-state index contributed by atoms with van der Waals surface area (Å²) in [6.45, 7) is 4.94. The van der Waals surface area contributed by atoms with Crippen molar-refractivity contribution >= 4 is 39.2 Å². The van der Waals surface area contributed by atoms with Crippen molar-refractivity contribution in [2.75, 3.05) is 24.5 Å². The molecule has 0 radical (unpaired) electrons. The van der Waals surface area contributed by atoms with Gasteiger partial charge in [0, 0.05) is 55.3 Å². The highest BCUT2D eigenvalue weighted by molar-refractivity contribution is 6.35. The Morgan fingerprint density at radius 2 is 1.97 bits per heavy atom. The van der Waals surface area contributed by atoms with E-state index in [0.29, 0.717) is 33.5 Å². The number of nitrogens with zero attached hydrogens (tertiary/aromatic N) is 5. The van der Waals surface area contributed by atoms with E-state index in [-0.39, 0.29) is 5.82 Å². The molecule has 32 heavy (non-hydrogen) atoms. The van der Waals surface area contributed by atoms with Gasteiger partial charge in [0.2, 0.25) is 0 Å². The van der Waals surface area contributed by atoms with E-state index in [2.05, 4.69) is 32.2 Å². The summed E-state index contributed by atoms with van der Waals surface area (Å²) in [5, 5.41) is 9.65. The first-order valence-electron chi connectivity index (χ1n) is 11.1. The lowest BCUT2D eigenvalue weighted by atomic mass is 10.1. The lowest BCUT2D eigenvalue weighted by Crippen LogP contribution is -2.49. The van der Waals surface area contributed by atoms with Gasteiger partial charge in [-0.15, -0.1) is 0 Å². The van der Waals surface area contributed by atoms with Crippen molar-refractivity contribution < 1.29 is 4.39 Å². The highest BCUT2D eigenvalue weighted by Gasteiger charge is 2.18. The molecule has 2 aliphatic rings. The molecule has 3 aromatic heterocycles. The maximum atomic E-state index is 14.5. The van der Waals surface area contributed by atoms with Crippen LogP contribution in [0.3, 0.4) is 0 Å². The van der Waals surface area contributed by atoms with Gasteiger partial charge in [0.05, 0.1) is 22.6 Å². The summed E-state index contributed by atoms with van der Waals surface area (Å²) in [7, 11) is 1.77. The first kappa shape index (κ1) is 21.1. The van der Waals surface area contributed by atoms with Gasteiger partial charge in [0.15, 0.2) is 11.5 Å². The van der Waals surface area contributed by atoms with Gasteiger partial charge in [0.25, 0.3) is 0 Å². The summed E-state index contributed by atoms with van der Waals surface area (Å²) >= 11 is 6.59. The lowest BCUT2D eigenvalue weighted by molar-refractivity contribution is 0.484. The summed E-state index contributed by atoms with van der Waals surface area (Å²) in [4.78, 5) is 11.5. The number of hydrogen-bond acceptors (Lipinski definition) is 5. The number of pyridine rings is 2. The van der Waals surface area contributed by atoms with Crippen molar-refractivity contribution in [2.45, 2.75) is 32.2 Å². The van der Waals surface area contributed by atoms with Crippen molar-refractivity contribution in [1.82, 2.24) is 25.1 Å². The molecule has 1 saturated heterocycles. The molecule has 0 amide bonds. The van der Waals surface area contributed by atoms with Gasteiger partial charge in [-0.1, -0.05) is 30.9 Å². The largest absolute Gasteiger partial charge is 0.367 e. The van der Waals surface area contributed by atoms with Crippen LogP contribution in [0.15, 0.2) is 36.7 Å². The number of nitrogens with one attached hydrogen (secondary N) is 1. The van der Waals surface area contributed by atoms with Crippen LogP contribution in [0, 0.1) is 5.82 Å². The zero-order valence-corrected chi connectivity index (χ0v) is 19.0. The standard InChI is InChI=1S/C21H20ClFN6.C3H6/c1-12-10-29(4-3-24-12)15-7-16-17(22)8-19(26-21(16)25-9-15)13-5-14-11-28(2)27-20(14)18(23)6-13;1-2-3-1/h5-9,11-12,24H,3-4,10H2,1-2H3;1-3H2. The second-order valence-corrected chi connectivity index (χ2v) is 9.02. The minimum Gasteiger partial charge on any atom is -0.367 e. The van der Waals surface area contributed by atoms with Crippen LogP contribution in [0.25, 0.3) is 33.2 Å². The number of fused-ring (bicyclic) bond motifs is 2. The summed E-state index contributed by atoms with van der Waals surface area (Å²) < 4.78 is 16.1. The lowest BCUT2D eigenvalue weighted by Gasteiger charge is -2.33. The van der Waals surface area contributed by atoms with E-state index in [4.69, 9.17) is 11.6 Å². The molecule has 166 valence electrons. The van der Waals surface area contributed by atoms with E-state index in [1.807, 2.05) is 18.3 Å². The molecule has 6 nitrogen and oxygen atoms in total. The summed E-state index contributed by atoms with van der Waals surface area (Å²) in [5.41, 5.74) is 3.16. The molecular weight excluding hydrogens is 427 g/mol. The fraction of sp³-hybridized carbons (Fsp3) is 0.375. The van der Waals surface area contributed by atoms with Crippen LogP contribution in [0.4, 0.5) is 10.1 Å². The Labute approximate surface area is 191 Å². The van der Waals surface area contributed by atoms with Crippen molar-refractivity contribution in [3.63, 3.8) is 0 Å². The van der Waals surface area contributed by atoms with E-state index in [1.165, 1.54) is 25.3 Å². The molecule has 1 unspecified atom stereocenters. The summed E-state index contributed by atoms with van der Waals surface area (Å²) in [6.07, 6.45) is 8.11. The minimum atomic E-state index is -0.382. The number of piperazine rings is 1. The smallest absolute Gasteiger partial charge is 0.161 e. The predicted octanol–water partition coefficient (Wildman–Crippen LogP) is 4.94. The maximum Gasteiger partial charge on any atom is 0.161 e. The third-order valence-corrected chi connectivity index (χ3v) is 5.97. The Morgan fingerprint density at radius 3 is 2.72 bits per heavy atom. The van der Waals surface area contributed by atoms with E-state index < -0.39 is 0 Å². The Morgan fingerprint density at radius 1 is 1.16 bits per heavy atom. The van der Waals surface area contributed by atoms with Crippen LogP contribution in [0.2, 0.25) is 5.02 Å². The van der Waals surface area contributed by atoms with E-state index in [9.17, 15) is 4.39 Å². The second kappa shape index (κ2) is 8.64. The van der Waals surface area contributed by atoms with Crippen LogP contribution in [-0.4, -0.2) is 45.4 Å². The van der Waals surface area contributed by atoms with Crippen molar-refractivity contribution in [1.29, 1.82) is 0 Å². The SMILES string of the molecule is C1CC1.CC1CN(c2cnc3nc(-c4cc(F)c5nn(C)cc5c4)cc(Cl)c3c2)CCN1. The number of aromatic nitrogens is 4. The molecule has 1 N–H and O–H groups in total. The normalized spacial score (nSPS) is 18.0. The second-order valence-electron chi connectivity index (χ2n) is 8.61. The minimum absolute atomic E-state index is 0.344. The van der Waals surface area contributed by atoms with Gasteiger partial charge in [-0.05, 0) is 31.2 Å². The third kappa shape index (κ3) is 4.40. The molecule has 6 rings (SSSR count). The predicted molar refractivity (Wildman–Crippen MR) is 128 cm³/mol. The van der Waals surface area contributed by atoms with Crippen LogP contribution in [-0.2, 0) is 7.05 Å². The van der Waals surface area contributed by atoms with Gasteiger partial charge in [-0.2, -0.15) is 5.10 Å². The number of halogens is 2. The van der Waals surface area contributed by atoms with Crippen LogP contribution in [0.1, 0.15) is 26.2 Å². The van der Waals surface area contributed by atoms with Crippen LogP contribution >= 0.6 is 11.6 Å². The number of anilines is 1. The number of benzene rings is 1. The molecule has 1 aliphatic heterocycles. The zero-order valence-electron chi connectivity index (χ0n) is 18.3. The van der Waals surface area contributed by atoms with E-state index in [1.54, 1.807) is 24.0 Å². The van der Waals surface area contributed by atoms with Crippen LogP contribution in [0.5, 0.6) is 0 Å². The molecule has 4 heterocycles. The molecule has 1 aliphatic carbocycles. The van der Waals surface area contributed by atoms with Crippen molar-refractivity contribution in [3.8, 4) is 11.3 Å². The quantitative estimate of drug-likeness (QED) is 0.466. The first-order valence-corrected chi connectivity index (χ1v) is 11.4. The fourth-order valence-electron chi connectivity index (χ4n) is 3.90. The molecule has 0 bridgehead atoms. The summed E-state index contributed by atoms with van der Waals surface area (Å²) in [6, 6.07) is 7.53. The Bertz CT molecular complexity index is 1280. The number of rotatable bonds is 2. The molecular formula is C24H26ClFN6.